The number of pyridine rings is 1. The molecule has 0 saturated heterocycles. The molecule has 0 fully saturated rings. The van der Waals surface area contributed by atoms with Crippen molar-refractivity contribution in [2.45, 2.75) is 13.8 Å². The van der Waals surface area contributed by atoms with Crippen molar-refractivity contribution in [2.24, 2.45) is 5.73 Å². The summed E-state index contributed by atoms with van der Waals surface area (Å²) in [6.07, 6.45) is 5.19. The van der Waals surface area contributed by atoms with Gasteiger partial charge in [-0.1, -0.05) is 0 Å². The van der Waals surface area contributed by atoms with E-state index in [0.29, 0.717) is 5.56 Å². The maximum Gasteiger partial charge on any atom is 0.126 e. The van der Waals surface area contributed by atoms with Crippen LogP contribution in [0.3, 0.4) is 0 Å². The summed E-state index contributed by atoms with van der Waals surface area (Å²) in [6, 6.07) is 1.89. The standard InChI is InChI=1S/C11H13N5/c1-7-5-9(16-4-3-14-6-16)10(11(12)13)8(2)15-7/h3-6H,1-2H3,(H3,12,13). The number of amidine groups is 1. The van der Waals surface area contributed by atoms with Gasteiger partial charge >= 0.3 is 0 Å². The molecule has 2 heterocycles. The molecule has 0 aliphatic heterocycles. The minimum Gasteiger partial charge on any atom is -0.384 e. The van der Waals surface area contributed by atoms with E-state index in [9.17, 15) is 0 Å². The molecule has 2 aromatic rings. The fourth-order valence-electron chi connectivity index (χ4n) is 1.75. The topological polar surface area (TPSA) is 80.6 Å². The van der Waals surface area contributed by atoms with E-state index in [1.807, 2.05) is 30.7 Å². The SMILES string of the molecule is Cc1cc(-n2ccnc2)c(C(=N)N)c(C)n1. The second-order valence-corrected chi connectivity index (χ2v) is 3.63. The van der Waals surface area contributed by atoms with Gasteiger partial charge in [-0.3, -0.25) is 10.4 Å². The minimum atomic E-state index is 0.0219. The van der Waals surface area contributed by atoms with Gasteiger partial charge in [0, 0.05) is 18.1 Å². The van der Waals surface area contributed by atoms with Crippen molar-refractivity contribution in [1.82, 2.24) is 14.5 Å². The lowest BCUT2D eigenvalue weighted by molar-refractivity contribution is 1.01. The van der Waals surface area contributed by atoms with Crippen molar-refractivity contribution >= 4 is 5.84 Å². The van der Waals surface area contributed by atoms with Crippen LogP contribution >= 0.6 is 0 Å². The van der Waals surface area contributed by atoms with Crippen LogP contribution in [0.2, 0.25) is 0 Å². The van der Waals surface area contributed by atoms with E-state index < -0.39 is 0 Å². The van der Waals surface area contributed by atoms with Crippen LogP contribution in [0.5, 0.6) is 0 Å². The lowest BCUT2D eigenvalue weighted by atomic mass is 10.1. The van der Waals surface area contributed by atoms with Crippen LogP contribution in [0.15, 0.2) is 24.8 Å². The van der Waals surface area contributed by atoms with Crippen molar-refractivity contribution in [2.75, 3.05) is 0 Å². The lowest BCUT2D eigenvalue weighted by Gasteiger charge is -2.12. The smallest absolute Gasteiger partial charge is 0.126 e. The molecular formula is C11H13N5. The molecule has 3 N–H and O–H groups in total. The Kier molecular flexibility index (Phi) is 2.44. The molecule has 2 rings (SSSR count). The molecule has 16 heavy (non-hydrogen) atoms. The van der Waals surface area contributed by atoms with E-state index in [2.05, 4.69) is 9.97 Å². The number of aryl methyl sites for hydroxylation is 2. The highest BCUT2D eigenvalue weighted by Crippen LogP contribution is 2.17. The minimum absolute atomic E-state index is 0.0219. The normalized spacial score (nSPS) is 10.4. The van der Waals surface area contributed by atoms with E-state index in [4.69, 9.17) is 11.1 Å². The summed E-state index contributed by atoms with van der Waals surface area (Å²) in [5.74, 6) is 0.0219. The molecule has 0 aliphatic rings. The fraction of sp³-hybridized carbons (Fsp3) is 0.182. The second kappa shape index (κ2) is 3.77. The molecule has 0 amide bonds. The van der Waals surface area contributed by atoms with Crippen LogP contribution < -0.4 is 5.73 Å². The first-order valence-electron chi connectivity index (χ1n) is 4.90. The van der Waals surface area contributed by atoms with Gasteiger partial charge in [-0.2, -0.15) is 0 Å². The molecule has 0 aromatic carbocycles. The summed E-state index contributed by atoms with van der Waals surface area (Å²) < 4.78 is 1.83. The highest BCUT2D eigenvalue weighted by Gasteiger charge is 2.12. The Balaban J connectivity index is 2.72. The van der Waals surface area contributed by atoms with E-state index >= 15 is 0 Å². The van der Waals surface area contributed by atoms with E-state index in [1.165, 1.54) is 0 Å². The first-order valence-corrected chi connectivity index (χ1v) is 4.90. The lowest BCUT2D eigenvalue weighted by Crippen LogP contribution is -2.17. The van der Waals surface area contributed by atoms with Crippen molar-refractivity contribution in [3.05, 3.63) is 41.7 Å². The summed E-state index contributed by atoms with van der Waals surface area (Å²) in [5, 5.41) is 7.59. The van der Waals surface area contributed by atoms with E-state index in [1.54, 1.807) is 12.5 Å². The monoisotopic (exact) mass is 215 g/mol. The molecule has 0 atom stereocenters. The van der Waals surface area contributed by atoms with Crippen molar-refractivity contribution < 1.29 is 0 Å². The number of nitrogens with two attached hydrogens (primary N) is 1. The molecule has 0 unspecified atom stereocenters. The van der Waals surface area contributed by atoms with Gasteiger partial charge in [-0.15, -0.1) is 0 Å². The molecule has 0 radical (unpaired) electrons. The molecule has 5 heteroatoms. The van der Waals surface area contributed by atoms with Gasteiger partial charge < -0.3 is 10.3 Å². The van der Waals surface area contributed by atoms with Crippen LogP contribution in [0, 0.1) is 19.3 Å². The predicted octanol–water partition coefficient (Wildman–Crippen LogP) is 1.17. The second-order valence-electron chi connectivity index (χ2n) is 3.63. The van der Waals surface area contributed by atoms with Gasteiger partial charge in [0.1, 0.15) is 5.84 Å². The molecule has 82 valence electrons. The average Bonchev–Trinajstić information content (AvgIpc) is 2.67. The summed E-state index contributed by atoms with van der Waals surface area (Å²) >= 11 is 0. The van der Waals surface area contributed by atoms with Gasteiger partial charge in [-0.05, 0) is 19.9 Å². The van der Waals surface area contributed by atoms with Gasteiger partial charge in [0.05, 0.1) is 23.3 Å². The van der Waals surface area contributed by atoms with Gasteiger partial charge in [-0.25, -0.2) is 4.98 Å². The quantitative estimate of drug-likeness (QED) is 0.582. The van der Waals surface area contributed by atoms with Crippen molar-refractivity contribution in [3.8, 4) is 5.69 Å². The maximum absolute atomic E-state index is 7.59. The van der Waals surface area contributed by atoms with Gasteiger partial charge in [0.2, 0.25) is 0 Å². The van der Waals surface area contributed by atoms with Gasteiger partial charge in [0.25, 0.3) is 0 Å². The molecule has 0 saturated carbocycles. The Bertz CT molecular complexity index is 528. The summed E-state index contributed by atoms with van der Waals surface area (Å²) in [5.41, 5.74) is 8.73. The highest BCUT2D eigenvalue weighted by atomic mass is 15.0. The third-order valence-electron chi connectivity index (χ3n) is 2.36. The van der Waals surface area contributed by atoms with Crippen LogP contribution in [0.1, 0.15) is 17.0 Å². The zero-order valence-corrected chi connectivity index (χ0v) is 9.23. The summed E-state index contributed by atoms with van der Waals surface area (Å²) in [7, 11) is 0. The number of hydrogen-bond acceptors (Lipinski definition) is 3. The Labute approximate surface area is 93.5 Å². The predicted molar refractivity (Wildman–Crippen MR) is 61.8 cm³/mol. The van der Waals surface area contributed by atoms with Crippen LogP contribution in [0.4, 0.5) is 0 Å². The highest BCUT2D eigenvalue weighted by molar-refractivity contribution is 5.99. The molecule has 0 spiro atoms. The maximum atomic E-state index is 7.59. The van der Waals surface area contributed by atoms with E-state index in [0.717, 1.165) is 17.1 Å². The van der Waals surface area contributed by atoms with Crippen LogP contribution in [-0.4, -0.2) is 20.4 Å². The zero-order chi connectivity index (χ0) is 11.7. The average molecular weight is 215 g/mol. The number of nitrogens with zero attached hydrogens (tertiary/aromatic N) is 3. The van der Waals surface area contributed by atoms with Crippen molar-refractivity contribution in [1.29, 1.82) is 5.41 Å². The number of rotatable bonds is 2. The molecular weight excluding hydrogens is 202 g/mol. The third kappa shape index (κ3) is 1.67. The first kappa shape index (κ1) is 10.4. The fourth-order valence-corrected chi connectivity index (χ4v) is 1.75. The number of imidazole rings is 1. The van der Waals surface area contributed by atoms with Crippen LogP contribution in [0.25, 0.3) is 5.69 Å². The molecule has 0 bridgehead atoms. The largest absolute Gasteiger partial charge is 0.384 e. The molecule has 0 aliphatic carbocycles. The summed E-state index contributed by atoms with van der Waals surface area (Å²) in [6.45, 7) is 3.77. The zero-order valence-electron chi connectivity index (χ0n) is 9.23. The van der Waals surface area contributed by atoms with Gasteiger partial charge in [0.15, 0.2) is 0 Å². The number of nitrogen functional groups attached to an aromatic ring is 1. The Morgan fingerprint density at radius 3 is 2.75 bits per heavy atom. The Morgan fingerprint density at radius 1 is 1.44 bits per heavy atom. The Hall–Kier alpha value is -2.17. The molecule has 5 nitrogen and oxygen atoms in total. The van der Waals surface area contributed by atoms with E-state index in [-0.39, 0.29) is 5.84 Å². The summed E-state index contributed by atoms with van der Waals surface area (Å²) in [4.78, 5) is 8.30. The first-order chi connectivity index (χ1) is 7.59. The van der Waals surface area contributed by atoms with Crippen LogP contribution in [-0.2, 0) is 0 Å². The number of aromatic nitrogens is 3. The Morgan fingerprint density at radius 2 is 2.19 bits per heavy atom. The number of nitrogens with one attached hydrogen (secondary N) is 1. The molecule has 2 aromatic heterocycles. The van der Waals surface area contributed by atoms with Crippen molar-refractivity contribution in [3.63, 3.8) is 0 Å². The number of hydrogen-bond donors (Lipinski definition) is 2. The third-order valence-corrected chi connectivity index (χ3v) is 2.36.